The zero-order valence-electron chi connectivity index (χ0n) is 14.5. The van der Waals surface area contributed by atoms with Crippen LogP contribution in [-0.4, -0.2) is 67.0 Å². The summed E-state index contributed by atoms with van der Waals surface area (Å²) in [7, 11) is 0. The van der Waals surface area contributed by atoms with Crippen LogP contribution in [0.15, 0.2) is 23.8 Å². The van der Waals surface area contributed by atoms with Crippen LogP contribution < -0.4 is 10.1 Å². The fourth-order valence-corrected chi connectivity index (χ4v) is 4.06. The summed E-state index contributed by atoms with van der Waals surface area (Å²) in [6.07, 6.45) is 3.72. The first-order chi connectivity index (χ1) is 12.6. The molecular weight excluding hydrogens is 354 g/mol. The van der Waals surface area contributed by atoms with Crippen LogP contribution in [0.2, 0.25) is 5.02 Å². The van der Waals surface area contributed by atoms with E-state index in [1.165, 1.54) is 0 Å². The summed E-state index contributed by atoms with van der Waals surface area (Å²) in [6, 6.07) is 5.51. The second kappa shape index (κ2) is 7.29. The highest BCUT2D eigenvalue weighted by Gasteiger charge is 2.33. The number of hydrogen-bond acceptors (Lipinski definition) is 4. The van der Waals surface area contributed by atoms with Gasteiger partial charge in [-0.15, -0.1) is 0 Å². The summed E-state index contributed by atoms with van der Waals surface area (Å²) in [6.45, 7) is 3.48. The van der Waals surface area contributed by atoms with Crippen molar-refractivity contribution in [3.05, 3.63) is 34.4 Å². The Kier molecular flexibility index (Phi) is 4.87. The highest BCUT2D eigenvalue weighted by Crippen LogP contribution is 2.30. The average Bonchev–Trinajstić information content (AvgIpc) is 2.67. The largest absolute Gasteiger partial charge is 0.488 e. The highest BCUT2D eigenvalue weighted by molar-refractivity contribution is 6.30. The van der Waals surface area contributed by atoms with E-state index in [9.17, 15) is 9.59 Å². The molecular formula is C19H22ClN3O3. The third kappa shape index (κ3) is 3.44. The minimum absolute atomic E-state index is 0.0112. The number of nitrogens with zero attached hydrogens (tertiary/aromatic N) is 2. The number of carbonyl (C=O) groups excluding carboxylic acids is 2. The van der Waals surface area contributed by atoms with Crippen molar-refractivity contribution >= 4 is 29.5 Å². The van der Waals surface area contributed by atoms with Crippen molar-refractivity contribution in [1.82, 2.24) is 15.1 Å². The van der Waals surface area contributed by atoms with Crippen LogP contribution in [0.25, 0.3) is 6.08 Å². The Labute approximate surface area is 157 Å². The quantitative estimate of drug-likeness (QED) is 0.851. The summed E-state index contributed by atoms with van der Waals surface area (Å²) in [5, 5.41) is 3.71. The number of benzene rings is 1. The molecule has 7 heteroatoms. The predicted octanol–water partition coefficient (Wildman–Crippen LogP) is 1.54. The van der Waals surface area contributed by atoms with Gasteiger partial charge in [-0.25, -0.2) is 0 Å². The monoisotopic (exact) mass is 375 g/mol. The molecule has 1 unspecified atom stereocenters. The SMILES string of the molecule is O=C(C1=Cc2cc(Cl)ccc2OC1)N1CCCC(N2CCNCC2=O)C1. The Morgan fingerprint density at radius 2 is 2.19 bits per heavy atom. The lowest BCUT2D eigenvalue weighted by Crippen LogP contribution is -2.57. The molecule has 1 aromatic rings. The normalized spacial score (nSPS) is 23.2. The first-order valence-electron chi connectivity index (χ1n) is 9.04. The Hall–Kier alpha value is -2.05. The van der Waals surface area contributed by atoms with E-state index in [0.29, 0.717) is 30.2 Å². The van der Waals surface area contributed by atoms with Gasteiger partial charge >= 0.3 is 0 Å². The first kappa shape index (κ1) is 17.4. The molecule has 3 heterocycles. The fraction of sp³-hybridized carbons (Fsp3) is 0.474. The van der Waals surface area contributed by atoms with E-state index < -0.39 is 0 Å². The molecule has 6 nitrogen and oxygen atoms in total. The number of halogens is 1. The Morgan fingerprint density at radius 3 is 3.04 bits per heavy atom. The van der Waals surface area contributed by atoms with Crippen molar-refractivity contribution in [3.8, 4) is 5.75 Å². The number of nitrogens with one attached hydrogen (secondary N) is 1. The van der Waals surface area contributed by atoms with Crippen molar-refractivity contribution in [1.29, 1.82) is 0 Å². The van der Waals surface area contributed by atoms with Gasteiger partial charge in [0.15, 0.2) is 0 Å². The van der Waals surface area contributed by atoms with Crippen LogP contribution in [0.4, 0.5) is 0 Å². The lowest BCUT2D eigenvalue weighted by molar-refractivity contribution is -0.139. The number of ether oxygens (including phenoxy) is 1. The zero-order chi connectivity index (χ0) is 18.1. The minimum atomic E-state index is -0.0112. The topological polar surface area (TPSA) is 61.9 Å². The average molecular weight is 376 g/mol. The van der Waals surface area contributed by atoms with E-state index in [1.807, 2.05) is 28.0 Å². The smallest absolute Gasteiger partial charge is 0.253 e. The van der Waals surface area contributed by atoms with Gasteiger partial charge in [-0.05, 0) is 37.1 Å². The van der Waals surface area contributed by atoms with E-state index in [0.717, 1.165) is 37.2 Å². The summed E-state index contributed by atoms with van der Waals surface area (Å²) < 4.78 is 5.72. The molecule has 1 N–H and O–H groups in total. The van der Waals surface area contributed by atoms with Gasteiger partial charge in [-0.1, -0.05) is 11.6 Å². The summed E-state index contributed by atoms with van der Waals surface area (Å²) in [5.74, 6) is 0.858. The van der Waals surface area contributed by atoms with Gasteiger partial charge in [-0.3, -0.25) is 9.59 Å². The molecule has 3 aliphatic heterocycles. The zero-order valence-corrected chi connectivity index (χ0v) is 15.3. The number of piperidine rings is 1. The maximum Gasteiger partial charge on any atom is 0.253 e. The van der Waals surface area contributed by atoms with Crippen LogP contribution in [-0.2, 0) is 9.59 Å². The van der Waals surface area contributed by atoms with Gasteiger partial charge in [-0.2, -0.15) is 0 Å². The molecule has 4 rings (SSSR count). The number of carbonyl (C=O) groups is 2. The van der Waals surface area contributed by atoms with Gasteiger partial charge in [0.2, 0.25) is 5.91 Å². The van der Waals surface area contributed by atoms with E-state index in [2.05, 4.69) is 5.32 Å². The molecule has 26 heavy (non-hydrogen) atoms. The second-order valence-electron chi connectivity index (χ2n) is 6.95. The molecule has 0 radical (unpaired) electrons. The Balaban J connectivity index is 1.48. The molecule has 0 aliphatic carbocycles. The molecule has 0 saturated carbocycles. The predicted molar refractivity (Wildman–Crippen MR) is 99.1 cm³/mol. The van der Waals surface area contributed by atoms with Gasteiger partial charge in [0.25, 0.3) is 5.91 Å². The van der Waals surface area contributed by atoms with Crippen LogP contribution in [0, 0.1) is 0 Å². The minimum Gasteiger partial charge on any atom is -0.488 e. The fourth-order valence-electron chi connectivity index (χ4n) is 3.88. The van der Waals surface area contributed by atoms with Gasteiger partial charge in [0, 0.05) is 42.8 Å². The van der Waals surface area contributed by atoms with E-state index in [1.54, 1.807) is 6.07 Å². The van der Waals surface area contributed by atoms with Gasteiger partial charge < -0.3 is 19.9 Å². The van der Waals surface area contributed by atoms with Gasteiger partial charge in [0.05, 0.1) is 12.1 Å². The molecule has 2 amide bonds. The third-order valence-corrected chi connectivity index (χ3v) is 5.45. The third-order valence-electron chi connectivity index (χ3n) is 5.21. The number of piperazine rings is 1. The van der Waals surface area contributed by atoms with Crippen LogP contribution in [0.3, 0.4) is 0 Å². The van der Waals surface area contributed by atoms with E-state index in [4.69, 9.17) is 16.3 Å². The van der Waals surface area contributed by atoms with Crippen LogP contribution in [0.1, 0.15) is 18.4 Å². The lowest BCUT2D eigenvalue weighted by atomic mass is 10.0. The number of rotatable bonds is 2. The Bertz CT molecular complexity index is 764. The highest BCUT2D eigenvalue weighted by atomic mass is 35.5. The number of hydrogen-bond donors (Lipinski definition) is 1. The summed E-state index contributed by atoms with van der Waals surface area (Å²) in [4.78, 5) is 28.9. The van der Waals surface area contributed by atoms with Crippen molar-refractivity contribution in [2.75, 3.05) is 39.3 Å². The summed E-state index contributed by atoms with van der Waals surface area (Å²) >= 11 is 6.05. The van der Waals surface area contributed by atoms with Crippen LogP contribution >= 0.6 is 11.6 Å². The molecule has 1 atom stereocenters. The van der Waals surface area contributed by atoms with E-state index >= 15 is 0 Å². The molecule has 0 aromatic heterocycles. The maximum absolute atomic E-state index is 13.0. The number of likely N-dealkylation sites (tertiary alicyclic amines) is 1. The van der Waals surface area contributed by atoms with E-state index in [-0.39, 0.29) is 24.5 Å². The van der Waals surface area contributed by atoms with Crippen molar-refractivity contribution in [3.63, 3.8) is 0 Å². The molecule has 138 valence electrons. The Morgan fingerprint density at radius 1 is 1.31 bits per heavy atom. The summed E-state index contributed by atoms with van der Waals surface area (Å²) in [5.41, 5.74) is 1.46. The first-order valence-corrected chi connectivity index (χ1v) is 9.42. The second-order valence-corrected chi connectivity index (χ2v) is 7.39. The number of amides is 2. The van der Waals surface area contributed by atoms with Crippen molar-refractivity contribution < 1.29 is 14.3 Å². The standard InChI is InChI=1S/C19H22ClN3O3/c20-15-3-4-17-13(9-15)8-14(12-26-17)19(25)22-6-1-2-16(11-22)23-7-5-21-10-18(23)24/h3-4,8-9,16,21H,1-2,5-7,10-12H2. The van der Waals surface area contributed by atoms with Gasteiger partial charge in [0.1, 0.15) is 12.4 Å². The van der Waals surface area contributed by atoms with Crippen molar-refractivity contribution in [2.24, 2.45) is 0 Å². The molecule has 2 saturated heterocycles. The molecule has 2 fully saturated rings. The lowest BCUT2D eigenvalue weighted by Gasteiger charge is -2.41. The van der Waals surface area contributed by atoms with Crippen LogP contribution in [0.5, 0.6) is 5.75 Å². The molecule has 0 bridgehead atoms. The van der Waals surface area contributed by atoms with Crippen molar-refractivity contribution in [2.45, 2.75) is 18.9 Å². The molecule has 3 aliphatic rings. The number of fused-ring (bicyclic) bond motifs is 1. The maximum atomic E-state index is 13.0. The molecule has 1 aromatic carbocycles. The molecule has 0 spiro atoms.